The molecular formula is C24H30N2O3. The predicted molar refractivity (Wildman–Crippen MR) is 113 cm³/mol. The highest BCUT2D eigenvalue weighted by atomic mass is 16.6. The molecule has 2 aliphatic rings. The van der Waals surface area contributed by atoms with Gasteiger partial charge in [-0.25, -0.2) is 4.79 Å². The summed E-state index contributed by atoms with van der Waals surface area (Å²) in [4.78, 5) is 14.3. The molecule has 4 rings (SSSR count). The molecule has 0 radical (unpaired) electrons. The van der Waals surface area contributed by atoms with Crippen molar-refractivity contribution in [3.8, 4) is 5.75 Å². The van der Waals surface area contributed by atoms with Crippen molar-refractivity contribution in [1.82, 2.24) is 10.2 Å². The van der Waals surface area contributed by atoms with Crippen molar-refractivity contribution >= 4 is 6.09 Å². The highest BCUT2D eigenvalue weighted by Gasteiger charge is 2.47. The first-order chi connectivity index (χ1) is 13.8. The zero-order valence-electron chi connectivity index (χ0n) is 17.5. The zero-order valence-corrected chi connectivity index (χ0v) is 17.5. The minimum absolute atomic E-state index is 0.179. The molecule has 1 N–H and O–H groups in total. The Morgan fingerprint density at radius 2 is 1.90 bits per heavy atom. The third-order valence-corrected chi connectivity index (χ3v) is 5.56. The van der Waals surface area contributed by atoms with Crippen LogP contribution in [-0.2, 0) is 11.3 Å². The lowest BCUT2D eigenvalue weighted by Gasteiger charge is -2.40. The third-order valence-electron chi connectivity index (χ3n) is 5.56. The Bertz CT molecular complexity index is 862. The Morgan fingerprint density at radius 3 is 2.66 bits per heavy atom. The molecular weight excluding hydrogens is 364 g/mol. The molecule has 0 unspecified atom stereocenters. The number of para-hydroxylation sites is 1. The second kappa shape index (κ2) is 7.71. The highest BCUT2D eigenvalue weighted by molar-refractivity contribution is 5.68. The zero-order chi connectivity index (χ0) is 20.5. The number of fused-ring (bicyclic) bond motifs is 1. The molecule has 2 atom stereocenters. The van der Waals surface area contributed by atoms with E-state index < -0.39 is 5.60 Å². The van der Waals surface area contributed by atoms with E-state index in [9.17, 15) is 4.79 Å². The van der Waals surface area contributed by atoms with Gasteiger partial charge in [-0.05, 0) is 32.4 Å². The molecule has 0 saturated carbocycles. The fraction of sp³-hybridized carbons (Fsp3) is 0.458. The Morgan fingerprint density at radius 1 is 1.17 bits per heavy atom. The normalized spacial score (nSPS) is 23.6. The van der Waals surface area contributed by atoms with Gasteiger partial charge in [0.1, 0.15) is 17.0 Å². The van der Waals surface area contributed by atoms with Gasteiger partial charge in [-0.15, -0.1) is 0 Å². The van der Waals surface area contributed by atoms with Crippen molar-refractivity contribution in [3.63, 3.8) is 0 Å². The van der Waals surface area contributed by atoms with E-state index in [1.54, 1.807) is 4.90 Å². The average Bonchev–Trinajstić information content (AvgIpc) is 3.09. The molecule has 1 saturated heterocycles. The second-order valence-electron chi connectivity index (χ2n) is 9.10. The summed E-state index contributed by atoms with van der Waals surface area (Å²) in [5.74, 6) is 0.912. The van der Waals surface area contributed by atoms with Crippen molar-refractivity contribution in [2.75, 3.05) is 13.1 Å². The van der Waals surface area contributed by atoms with Gasteiger partial charge in [0, 0.05) is 37.5 Å². The SMILES string of the molecule is CC(C)(C)OC(=O)N1CC[C@@]2(C[C@H](NCc3ccccc3)c3ccccc3O2)C1. The van der Waals surface area contributed by atoms with E-state index in [1.165, 1.54) is 11.1 Å². The number of nitrogens with one attached hydrogen (secondary N) is 1. The van der Waals surface area contributed by atoms with E-state index >= 15 is 0 Å². The Balaban J connectivity index is 1.50. The van der Waals surface area contributed by atoms with Crippen LogP contribution in [0.3, 0.4) is 0 Å². The largest absolute Gasteiger partial charge is 0.485 e. The topological polar surface area (TPSA) is 50.8 Å². The molecule has 0 aromatic heterocycles. The highest BCUT2D eigenvalue weighted by Crippen LogP contribution is 2.44. The van der Waals surface area contributed by atoms with E-state index in [2.05, 4.69) is 41.7 Å². The minimum atomic E-state index is -0.493. The van der Waals surface area contributed by atoms with Crippen LogP contribution < -0.4 is 10.1 Å². The van der Waals surface area contributed by atoms with Crippen LogP contribution in [0.4, 0.5) is 4.79 Å². The van der Waals surface area contributed by atoms with Crippen LogP contribution in [0.1, 0.15) is 50.8 Å². The molecule has 2 heterocycles. The maximum absolute atomic E-state index is 12.6. The van der Waals surface area contributed by atoms with Crippen molar-refractivity contribution in [2.45, 2.75) is 57.4 Å². The van der Waals surface area contributed by atoms with Crippen LogP contribution >= 0.6 is 0 Å². The van der Waals surface area contributed by atoms with Crippen molar-refractivity contribution in [3.05, 3.63) is 65.7 Å². The maximum Gasteiger partial charge on any atom is 0.410 e. The molecule has 154 valence electrons. The summed E-state index contributed by atoms with van der Waals surface area (Å²) in [7, 11) is 0. The summed E-state index contributed by atoms with van der Waals surface area (Å²) in [6.07, 6.45) is 1.38. The van der Waals surface area contributed by atoms with Crippen LogP contribution in [0.2, 0.25) is 0 Å². The number of hydrogen-bond acceptors (Lipinski definition) is 4. The summed E-state index contributed by atoms with van der Waals surface area (Å²) in [5.41, 5.74) is 1.57. The molecule has 2 aliphatic heterocycles. The number of likely N-dealkylation sites (tertiary alicyclic amines) is 1. The Labute approximate surface area is 173 Å². The number of rotatable bonds is 3. The molecule has 1 amide bonds. The molecule has 1 fully saturated rings. The van der Waals surface area contributed by atoms with Gasteiger partial charge < -0.3 is 19.7 Å². The Kier molecular flexibility index (Phi) is 5.26. The van der Waals surface area contributed by atoms with Gasteiger partial charge in [0.15, 0.2) is 0 Å². The van der Waals surface area contributed by atoms with E-state index in [0.29, 0.717) is 13.1 Å². The van der Waals surface area contributed by atoms with Gasteiger partial charge in [0.05, 0.1) is 6.54 Å². The van der Waals surface area contributed by atoms with Crippen LogP contribution in [0.25, 0.3) is 0 Å². The van der Waals surface area contributed by atoms with E-state index in [0.717, 1.165) is 25.1 Å². The van der Waals surface area contributed by atoms with E-state index in [1.807, 2.05) is 39.0 Å². The van der Waals surface area contributed by atoms with Crippen molar-refractivity contribution < 1.29 is 14.3 Å². The molecule has 2 aromatic carbocycles. The van der Waals surface area contributed by atoms with Crippen molar-refractivity contribution in [1.29, 1.82) is 0 Å². The summed E-state index contributed by atoms with van der Waals surface area (Å²) < 4.78 is 12.1. The summed E-state index contributed by atoms with van der Waals surface area (Å²) >= 11 is 0. The molecule has 5 nitrogen and oxygen atoms in total. The fourth-order valence-corrected chi connectivity index (χ4v) is 4.21. The second-order valence-corrected chi connectivity index (χ2v) is 9.10. The number of nitrogens with zero attached hydrogens (tertiary/aromatic N) is 1. The number of amides is 1. The molecule has 2 aromatic rings. The first-order valence-corrected chi connectivity index (χ1v) is 10.4. The minimum Gasteiger partial charge on any atom is -0.485 e. The van der Waals surface area contributed by atoms with Gasteiger partial charge in [-0.3, -0.25) is 0 Å². The molecule has 29 heavy (non-hydrogen) atoms. The number of hydrogen-bond donors (Lipinski definition) is 1. The van der Waals surface area contributed by atoms with Crippen LogP contribution in [-0.4, -0.2) is 35.3 Å². The first kappa shape index (κ1) is 19.8. The predicted octanol–water partition coefficient (Wildman–Crippen LogP) is 4.68. The lowest BCUT2D eigenvalue weighted by atomic mass is 9.86. The van der Waals surface area contributed by atoms with Gasteiger partial charge in [-0.2, -0.15) is 0 Å². The molecule has 5 heteroatoms. The quantitative estimate of drug-likeness (QED) is 0.821. The lowest BCUT2D eigenvalue weighted by Crippen LogP contribution is -2.47. The average molecular weight is 395 g/mol. The summed E-state index contributed by atoms with van der Waals surface area (Å²) in [6.45, 7) is 7.70. The smallest absolute Gasteiger partial charge is 0.410 e. The Hall–Kier alpha value is -2.53. The first-order valence-electron chi connectivity index (χ1n) is 10.4. The maximum atomic E-state index is 12.6. The molecule has 0 bridgehead atoms. The monoisotopic (exact) mass is 394 g/mol. The van der Waals surface area contributed by atoms with E-state index in [-0.39, 0.29) is 17.7 Å². The number of benzene rings is 2. The third kappa shape index (κ3) is 4.56. The summed E-state index contributed by atoms with van der Waals surface area (Å²) in [6, 6.07) is 18.8. The van der Waals surface area contributed by atoms with Crippen molar-refractivity contribution in [2.24, 2.45) is 0 Å². The number of carbonyl (C=O) groups is 1. The van der Waals surface area contributed by atoms with Gasteiger partial charge in [0.25, 0.3) is 0 Å². The van der Waals surface area contributed by atoms with Crippen LogP contribution in [0.15, 0.2) is 54.6 Å². The molecule has 0 aliphatic carbocycles. The standard InChI is InChI=1S/C24H30N2O3/c1-23(2,3)29-22(27)26-14-13-24(17-26)15-20(19-11-7-8-12-21(19)28-24)25-16-18-9-5-4-6-10-18/h4-12,20,25H,13-17H2,1-3H3/t20-,24+/m0/s1. The van der Waals surface area contributed by atoms with Crippen LogP contribution in [0.5, 0.6) is 5.75 Å². The molecule has 1 spiro atoms. The lowest BCUT2D eigenvalue weighted by molar-refractivity contribution is 0.0126. The number of ether oxygens (including phenoxy) is 2. The van der Waals surface area contributed by atoms with Gasteiger partial charge in [-0.1, -0.05) is 48.5 Å². The fourth-order valence-electron chi connectivity index (χ4n) is 4.21. The van der Waals surface area contributed by atoms with Gasteiger partial charge in [0.2, 0.25) is 0 Å². The van der Waals surface area contributed by atoms with Gasteiger partial charge >= 0.3 is 6.09 Å². The number of carbonyl (C=O) groups excluding carboxylic acids is 1. The van der Waals surface area contributed by atoms with E-state index in [4.69, 9.17) is 9.47 Å². The summed E-state index contributed by atoms with van der Waals surface area (Å²) in [5, 5.41) is 3.71. The van der Waals surface area contributed by atoms with Crippen LogP contribution in [0, 0.1) is 0 Å².